The summed E-state index contributed by atoms with van der Waals surface area (Å²) < 4.78 is 0. The zero-order valence-electron chi connectivity index (χ0n) is 9.77. The number of nitrogens with one attached hydrogen (secondary N) is 1. The van der Waals surface area contributed by atoms with Crippen LogP contribution in [0.3, 0.4) is 0 Å². The Morgan fingerprint density at radius 3 is 2.62 bits per heavy atom. The summed E-state index contributed by atoms with van der Waals surface area (Å²) in [6.45, 7) is 4.65. The lowest BCUT2D eigenvalue weighted by Gasteiger charge is -2.17. The summed E-state index contributed by atoms with van der Waals surface area (Å²) in [5.41, 5.74) is 7.28. The molecule has 0 aliphatic rings. The first kappa shape index (κ1) is 12.8. The zero-order chi connectivity index (χ0) is 12.1. The molecule has 0 amide bonds. The van der Waals surface area contributed by atoms with Crippen LogP contribution in [0, 0.1) is 5.92 Å². The molecule has 4 heteroatoms. The van der Waals surface area contributed by atoms with Crippen molar-refractivity contribution >= 4 is 5.69 Å². The Bertz CT molecular complexity index is 340. The molecule has 0 aromatic heterocycles. The van der Waals surface area contributed by atoms with E-state index in [2.05, 4.69) is 19.2 Å². The van der Waals surface area contributed by atoms with Gasteiger partial charge in [0.2, 0.25) is 0 Å². The van der Waals surface area contributed by atoms with Crippen LogP contribution >= 0.6 is 0 Å². The van der Waals surface area contributed by atoms with Crippen LogP contribution in [-0.2, 0) is 6.61 Å². The van der Waals surface area contributed by atoms with E-state index in [1.54, 1.807) is 18.2 Å². The summed E-state index contributed by atoms with van der Waals surface area (Å²) in [6.07, 6.45) is 0. The molecule has 1 atom stereocenters. The summed E-state index contributed by atoms with van der Waals surface area (Å²) in [5.74, 6) is 0.531. The second-order valence-electron chi connectivity index (χ2n) is 4.29. The van der Waals surface area contributed by atoms with Crippen LogP contribution in [0.5, 0.6) is 5.75 Å². The first-order valence-electron chi connectivity index (χ1n) is 5.46. The number of nitrogens with two attached hydrogens (primary N) is 1. The molecule has 0 aliphatic heterocycles. The minimum atomic E-state index is -0.169. The molecule has 90 valence electrons. The molecule has 1 unspecified atom stereocenters. The Balaban J connectivity index is 2.61. The van der Waals surface area contributed by atoms with Crippen molar-refractivity contribution in [3.8, 4) is 5.75 Å². The van der Waals surface area contributed by atoms with Gasteiger partial charge < -0.3 is 21.3 Å². The topological polar surface area (TPSA) is 78.5 Å². The van der Waals surface area contributed by atoms with Crippen molar-refractivity contribution in [2.24, 2.45) is 11.7 Å². The third-order valence-electron chi connectivity index (χ3n) is 2.65. The first-order chi connectivity index (χ1) is 7.54. The van der Waals surface area contributed by atoms with Gasteiger partial charge >= 0.3 is 0 Å². The fourth-order valence-corrected chi connectivity index (χ4v) is 1.29. The number of anilines is 1. The van der Waals surface area contributed by atoms with Crippen LogP contribution in [-0.4, -0.2) is 22.8 Å². The van der Waals surface area contributed by atoms with Gasteiger partial charge in [0.15, 0.2) is 0 Å². The highest BCUT2D eigenvalue weighted by Gasteiger charge is 2.07. The van der Waals surface area contributed by atoms with Gasteiger partial charge in [0.05, 0.1) is 6.61 Å². The lowest BCUT2D eigenvalue weighted by atomic mass is 10.1. The van der Waals surface area contributed by atoms with Crippen LogP contribution in [0.15, 0.2) is 18.2 Å². The molecule has 0 aliphatic carbocycles. The van der Waals surface area contributed by atoms with Gasteiger partial charge in [-0.1, -0.05) is 13.8 Å². The van der Waals surface area contributed by atoms with Crippen molar-refractivity contribution in [3.05, 3.63) is 23.8 Å². The highest BCUT2D eigenvalue weighted by atomic mass is 16.3. The molecule has 16 heavy (non-hydrogen) atoms. The third kappa shape index (κ3) is 3.40. The summed E-state index contributed by atoms with van der Waals surface area (Å²) in [4.78, 5) is 0. The predicted molar refractivity (Wildman–Crippen MR) is 65.3 cm³/mol. The molecule has 0 saturated carbocycles. The average Bonchev–Trinajstić information content (AvgIpc) is 2.27. The standard InChI is InChI=1S/C12H20N2O2/c1-8(2)11(13)6-14-10-3-4-12(16)9(5-10)7-15/h3-5,8,11,14-16H,6-7,13H2,1-2H3. The van der Waals surface area contributed by atoms with Gasteiger partial charge in [-0.2, -0.15) is 0 Å². The van der Waals surface area contributed by atoms with Crippen molar-refractivity contribution < 1.29 is 10.2 Å². The molecule has 1 rings (SSSR count). The Morgan fingerprint density at radius 2 is 2.06 bits per heavy atom. The van der Waals surface area contributed by atoms with E-state index in [0.717, 1.165) is 5.69 Å². The number of aliphatic hydroxyl groups is 1. The first-order valence-corrected chi connectivity index (χ1v) is 5.46. The Hall–Kier alpha value is -1.26. The van der Waals surface area contributed by atoms with E-state index in [4.69, 9.17) is 10.8 Å². The monoisotopic (exact) mass is 224 g/mol. The summed E-state index contributed by atoms with van der Waals surface area (Å²) in [6, 6.07) is 5.14. The molecule has 0 radical (unpaired) electrons. The van der Waals surface area contributed by atoms with Gasteiger partial charge in [-0.05, 0) is 24.1 Å². The van der Waals surface area contributed by atoms with Crippen molar-refractivity contribution in [3.63, 3.8) is 0 Å². The Kier molecular flexibility index (Phi) is 4.58. The second kappa shape index (κ2) is 5.72. The van der Waals surface area contributed by atoms with Crippen molar-refractivity contribution in [2.75, 3.05) is 11.9 Å². The van der Waals surface area contributed by atoms with Gasteiger partial charge in [0.1, 0.15) is 5.75 Å². The summed E-state index contributed by atoms with van der Waals surface area (Å²) in [7, 11) is 0. The minimum Gasteiger partial charge on any atom is -0.508 e. The van der Waals surface area contributed by atoms with E-state index >= 15 is 0 Å². The number of hydrogen-bond donors (Lipinski definition) is 4. The van der Waals surface area contributed by atoms with Crippen LogP contribution in [0.25, 0.3) is 0 Å². The Labute approximate surface area is 96.1 Å². The minimum absolute atomic E-state index is 0.0892. The fourth-order valence-electron chi connectivity index (χ4n) is 1.29. The predicted octanol–water partition coefficient (Wildman–Crippen LogP) is 1.28. The lowest BCUT2D eigenvalue weighted by Crippen LogP contribution is -2.33. The maximum atomic E-state index is 9.39. The summed E-state index contributed by atoms with van der Waals surface area (Å²) >= 11 is 0. The van der Waals surface area contributed by atoms with Crippen LogP contribution in [0.2, 0.25) is 0 Å². The maximum Gasteiger partial charge on any atom is 0.121 e. The van der Waals surface area contributed by atoms with Gasteiger partial charge in [-0.15, -0.1) is 0 Å². The lowest BCUT2D eigenvalue weighted by molar-refractivity contribution is 0.275. The highest BCUT2D eigenvalue weighted by Crippen LogP contribution is 2.21. The van der Waals surface area contributed by atoms with E-state index < -0.39 is 0 Å². The normalized spacial score (nSPS) is 12.8. The number of aromatic hydroxyl groups is 1. The quantitative estimate of drug-likeness (QED) is 0.568. The number of phenols is 1. The van der Waals surface area contributed by atoms with E-state index in [9.17, 15) is 5.11 Å². The molecule has 1 aromatic carbocycles. The largest absolute Gasteiger partial charge is 0.508 e. The third-order valence-corrected chi connectivity index (χ3v) is 2.65. The average molecular weight is 224 g/mol. The number of rotatable bonds is 5. The molecule has 0 bridgehead atoms. The Morgan fingerprint density at radius 1 is 1.38 bits per heavy atom. The smallest absolute Gasteiger partial charge is 0.121 e. The molecule has 0 fully saturated rings. The summed E-state index contributed by atoms with van der Waals surface area (Å²) in [5, 5.41) is 21.6. The van der Waals surface area contributed by atoms with E-state index in [1.165, 1.54) is 0 Å². The number of aliphatic hydroxyl groups excluding tert-OH is 1. The molecular weight excluding hydrogens is 204 g/mol. The van der Waals surface area contributed by atoms with Gasteiger partial charge in [0, 0.05) is 23.8 Å². The van der Waals surface area contributed by atoms with Gasteiger partial charge in [0.25, 0.3) is 0 Å². The van der Waals surface area contributed by atoms with Crippen molar-refractivity contribution in [1.82, 2.24) is 0 Å². The van der Waals surface area contributed by atoms with Crippen LogP contribution < -0.4 is 11.1 Å². The highest BCUT2D eigenvalue weighted by molar-refractivity contribution is 5.50. The van der Waals surface area contributed by atoms with E-state index in [1.807, 2.05) is 0 Å². The molecule has 5 N–H and O–H groups in total. The van der Waals surface area contributed by atoms with Gasteiger partial charge in [-0.25, -0.2) is 0 Å². The zero-order valence-corrected chi connectivity index (χ0v) is 9.77. The fraction of sp³-hybridized carbons (Fsp3) is 0.500. The van der Waals surface area contributed by atoms with E-state index in [-0.39, 0.29) is 18.4 Å². The van der Waals surface area contributed by atoms with Crippen LogP contribution in [0.4, 0.5) is 5.69 Å². The molecular formula is C12H20N2O2. The number of hydrogen-bond acceptors (Lipinski definition) is 4. The number of benzene rings is 1. The molecule has 0 spiro atoms. The van der Waals surface area contributed by atoms with E-state index in [0.29, 0.717) is 18.0 Å². The van der Waals surface area contributed by atoms with Crippen molar-refractivity contribution in [2.45, 2.75) is 26.5 Å². The SMILES string of the molecule is CC(C)C(N)CNc1ccc(O)c(CO)c1. The molecule has 0 heterocycles. The second-order valence-corrected chi connectivity index (χ2v) is 4.29. The molecule has 4 nitrogen and oxygen atoms in total. The van der Waals surface area contributed by atoms with Gasteiger partial charge in [-0.3, -0.25) is 0 Å². The van der Waals surface area contributed by atoms with Crippen molar-refractivity contribution in [1.29, 1.82) is 0 Å². The molecule has 1 aromatic rings. The van der Waals surface area contributed by atoms with Crippen LogP contribution in [0.1, 0.15) is 19.4 Å². The molecule has 0 saturated heterocycles. The maximum absolute atomic E-state index is 9.39.